The highest BCUT2D eigenvalue weighted by Gasteiger charge is 2.13. The molecule has 6 heteroatoms. The largest absolute Gasteiger partial charge is 0.350 e. The van der Waals surface area contributed by atoms with Gasteiger partial charge >= 0.3 is 0 Å². The summed E-state index contributed by atoms with van der Waals surface area (Å²) in [4.78, 5) is 8.52. The molecule has 0 amide bonds. The molecule has 1 unspecified atom stereocenters. The first-order valence-corrected chi connectivity index (χ1v) is 8.59. The van der Waals surface area contributed by atoms with Crippen molar-refractivity contribution in [3.8, 4) is 0 Å². The number of aryl methyl sites for hydroxylation is 3. The fourth-order valence-electron chi connectivity index (χ4n) is 3.15. The molecule has 1 aromatic carbocycles. The normalized spacial score (nSPS) is 15.7. The molecule has 0 saturated carbocycles. The summed E-state index contributed by atoms with van der Waals surface area (Å²) >= 11 is 0. The number of nitrogens with zero attached hydrogens (tertiary/aromatic N) is 4. The van der Waals surface area contributed by atoms with Crippen LogP contribution in [0.25, 0.3) is 0 Å². The number of aromatic nitrogens is 3. The van der Waals surface area contributed by atoms with E-state index in [4.69, 9.17) is 0 Å². The molecular formula is C18H26N6. The third-order valence-corrected chi connectivity index (χ3v) is 4.67. The summed E-state index contributed by atoms with van der Waals surface area (Å²) in [6.45, 7) is 2.76. The zero-order chi connectivity index (χ0) is 16.9. The minimum absolute atomic E-state index is 0.197. The SMILES string of the molecule is CN=C(NCc1ncnn1C)NC(C)c1ccc2c(c1)CCCC2. The van der Waals surface area contributed by atoms with Crippen LogP contribution < -0.4 is 10.6 Å². The van der Waals surface area contributed by atoms with E-state index in [1.54, 1.807) is 18.1 Å². The lowest BCUT2D eigenvalue weighted by atomic mass is 9.89. The maximum absolute atomic E-state index is 4.31. The number of hydrogen-bond donors (Lipinski definition) is 2. The third kappa shape index (κ3) is 3.75. The molecule has 3 rings (SSSR count). The van der Waals surface area contributed by atoms with Crippen LogP contribution in [0.1, 0.15) is 48.3 Å². The van der Waals surface area contributed by atoms with Crippen LogP contribution in [0, 0.1) is 0 Å². The zero-order valence-corrected chi connectivity index (χ0v) is 14.7. The Morgan fingerprint density at radius 2 is 2.08 bits per heavy atom. The lowest BCUT2D eigenvalue weighted by Crippen LogP contribution is -2.38. The summed E-state index contributed by atoms with van der Waals surface area (Å²) in [7, 11) is 3.67. The van der Waals surface area contributed by atoms with Gasteiger partial charge in [0.15, 0.2) is 5.96 Å². The molecule has 2 N–H and O–H groups in total. The minimum atomic E-state index is 0.197. The van der Waals surface area contributed by atoms with Crippen LogP contribution in [0.3, 0.4) is 0 Å². The Kier molecular flexibility index (Phi) is 5.13. The molecule has 1 aromatic heterocycles. The molecule has 6 nitrogen and oxygen atoms in total. The van der Waals surface area contributed by atoms with Crippen LogP contribution >= 0.6 is 0 Å². The van der Waals surface area contributed by atoms with Gasteiger partial charge in [-0.3, -0.25) is 9.67 Å². The smallest absolute Gasteiger partial charge is 0.191 e. The summed E-state index contributed by atoms with van der Waals surface area (Å²) in [5.74, 6) is 1.64. The summed E-state index contributed by atoms with van der Waals surface area (Å²) in [5, 5.41) is 10.8. The van der Waals surface area contributed by atoms with E-state index < -0.39 is 0 Å². The Labute approximate surface area is 143 Å². The average molecular weight is 326 g/mol. The number of benzene rings is 1. The Bertz CT molecular complexity index is 718. The van der Waals surface area contributed by atoms with Crippen molar-refractivity contribution < 1.29 is 0 Å². The van der Waals surface area contributed by atoms with Gasteiger partial charge in [-0.25, -0.2) is 4.98 Å². The Balaban J connectivity index is 1.62. The van der Waals surface area contributed by atoms with E-state index >= 15 is 0 Å². The number of rotatable bonds is 4. The van der Waals surface area contributed by atoms with E-state index in [2.05, 4.69) is 50.8 Å². The van der Waals surface area contributed by atoms with E-state index in [1.165, 1.54) is 42.4 Å². The van der Waals surface area contributed by atoms with Crippen molar-refractivity contribution in [3.63, 3.8) is 0 Å². The second-order valence-electron chi connectivity index (χ2n) is 6.33. The van der Waals surface area contributed by atoms with Gasteiger partial charge in [-0.15, -0.1) is 0 Å². The van der Waals surface area contributed by atoms with E-state index in [-0.39, 0.29) is 6.04 Å². The van der Waals surface area contributed by atoms with Crippen molar-refractivity contribution in [2.45, 2.75) is 45.2 Å². The second-order valence-corrected chi connectivity index (χ2v) is 6.33. The van der Waals surface area contributed by atoms with Gasteiger partial charge in [0, 0.05) is 14.1 Å². The first-order valence-electron chi connectivity index (χ1n) is 8.59. The second kappa shape index (κ2) is 7.47. The van der Waals surface area contributed by atoms with Crippen molar-refractivity contribution in [2.24, 2.45) is 12.0 Å². The van der Waals surface area contributed by atoms with Crippen molar-refractivity contribution in [1.29, 1.82) is 0 Å². The summed E-state index contributed by atoms with van der Waals surface area (Å²) in [6, 6.07) is 7.07. The fourth-order valence-corrected chi connectivity index (χ4v) is 3.15. The zero-order valence-electron chi connectivity index (χ0n) is 14.7. The first kappa shape index (κ1) is 16.5. The van der Waals surface area contributed by atoms with Gasteiger partial charge in [0.2, 0.25) is 0 Å². The molecule has 0 spiro atoms. The van der Waals surface area contributed by atoms with Crippen LogP contribution in [0.5, 0.6) is 0 Å². The molecule has 0 saturated heterocycles. The van der Waals surface area contributed by atoms with Crippen molar-refractivity contribution in [3.05, 3.63) is 47.0 Å². The van der Waals surface area contributed by atoms with Gasteiger partial charge in [0.25, 0.3) is 0 Å². The molecule has 1 atom stereocenters. The van der Waals surface area contributed by atoms with Gasteiger partial charge in [0.05, 0.1) is 12.6 Å². The molecule has 0 bridgehead atoms. The first-order chi connectivity index (χ1) is 11.7. The molecule has 128 valence electrons. The average Bonchev–Trinajstić information content (AvgIpc) is 3.03. The number of nitrogens with one attached hydrogen (secondary N) is 2. The maximum Gasteiger partial charge on any atom is 0.191 e. The molecular weight excluding hydrogens is 300 g/mol. The van der Waals surface area contributed by atoms with Crippen molar-refractivity contribution in [2.75, 3.05) is 7.05 Å². The Morgan fingerprint density at radius 3 is 2.79 bits per heavy atom. The molecule has 1 heterocycles. The van der Waals surface area contributed by atoms with Crippen LogP contribution in [0.4, 0.5) is 0 Å². The molecule has 2 aromatic rings. The molecule has 1 aliphatic carbocycles. The number of fused-ring (bicyclic) bond motifs is 1. The highest BCUT2D eigenvalue weighted by Crippen LogP contribution is 2.24. The summed E-state index contributed by atoms with van der Waals surface area (Å²) in [5.41, 5.74) is 4.33. The molecule has 24 heavy (non-hydrogen) atoms. The number of aliphatic imine (C=N–C) groups is 1. The van der Waals surface area contributed by atoms with Crippen LogP contribution in [-0.4, -0.2) is 27.8 Å². The Morgan fingerprint density at radius 1 is 1.29 bits per heavy atom. The predicted molar refractivity (Wildman–Crippen MR) is 95.8 cm³/mol. The standard InChI is InChI=1S/C18H26N6/c1-13(15-9-8-14-6-4-5-7-16(14)10-15)23-18(19-2)20-11-17-21-12-22-24(17)3/h8-10,12-13H,4-7,11H2,1-3H3,(H2,19,20,23). The van der Waals surface area contributed by atoms with Gasteiger partial charge in [-0.2, -0.15) is 5.10 Å². The van der Waals surface area contributed by atoms with Crippen LogP contribution in [0.2, 0.25) is 0 Å². The van der Waals surface area contributed by atoms with E-state index in [0.717, 1.165) is 11.8 Å². The van der Waals surface area contributed by atoms with Crippen molar-refractivity contribution >= 4 is 5.96 Å². The third-order valence-electron chi connectivity index (χ3n) is 4.67. The van der Waals surface area contributed by atoms with E-state index in [9.17, 15) is 0 Å². The number of hydrogen-bond acceptors (Lipinski definition) is 3. The van der Waals surface area contributed by atoms with Crippen LogP contribution in [0.15, 0.2) is 29.5 Å². The molecule has 1 aliphatic rings. The van der Waals surface area contributed by atoms with E-state index in [1.807, 2.05) is 7.05 Å². The Hall–Kier alpha value is -2.37. The molecule has 0 radical (unpaired) electrons. The lowest BCUT2D eigenvalue weighted by Gasteiger charge is -2.21. The number of guanidine groups is 1. The fraction of sp³-hybridized carbons (Fsp3) is 0.500. The summed E-state index contributed by atoms with van der Waals surface area (Å²) in [6.07, 6.45) is 6.61. The van der Waals surface area contributed by atoms with Gasteiger partial charge in [-0.1, -0.05) is 18.2 Å². The topological polar surface area (TPSA) is 67.1 Å². The van der Waals surface area contributed by atoms with Crippen LogP contribution in [-0.2, 0) is 26.4 Å². The quantitative estimate of drug-likeness (QED) is 0.667. The maximum atomic E-state index is 4.31. The highest BCUT2D eigenvalue weighted by atomic mass is 15.3. The predicted octanol–water partition coefficient (Wildman–Crippen LogP) is 2.12. The van der Waals surface area contributed by atoms with Gasteiger partial charge < -0.3 is 10.6 Å². The van der Waals surface area contributed by atoms with Crippen molar-refractivity contribution in [1.82, 2.24) is 25.4 Å². The highest BCUT2D eigenvalue weighted by molar-refractivity contribution is 5.80. The minimum Gasteiger partial charge on any atom is -0.350 e. The lowest BCUT2D eigenvalue weighted by molar-refractivity contribution is 0.646. The monoisotopic (exact) mass is 326 g/mol. The molecule has 0 aliphatic heterocycles. The van der Waals surface area contributed by atoms with Gasteiger partial charge in [0.1, 0.15) is 12.2 Å². The van der Waals surface area contributed by atoms with Gasteiger partial charge in [-0.05, 0) is 49.3 Å². The molecule has 0 fully saturated rings. The summed E-state index contributed by atoms with van der Waals surface area (Å²) < 4.78 is 1.76. The van der Waals surface area contributed by atoms with E-state index in [0.29, 0.717) is 6.54 Å².